The summed E-state index contributed by atoms with van der Waals surface area (Å²) in [5.74, 6) is 1.00. The number of carbonyl (C=O) groups is 1. The normalized spacial score (nSPS) is 22.7. The second-order valence-corrected chi connectivity index (χ2v) is 8.95. The molecule has 0 bridgehead atoms. The summed E-state index contributed by atoms with van der Waals surface area (Å²) in [7, 11) is 4.24. The van der Waals surface area contributed by atoms with Gasteiger partial charge in [0.05, 0.1) is 6.04 Å². The Labute approximate surface area is 171 Å². The van der Waals surface area contributed by atoms with Crippen LogP contribution in [0.15, 0.2) is 48.5 Å². The zero-order chi connectivity index (χ0) is 19.9. The predicted molar refractivity (Wildman–Crippen MR) is 115 cm³/mol. The Kier molecular flexibility index (Phi) is 7.65. The molecule has 0 unspecified atom stereocenters. The van der Waals surface area contributed by atoms with Gasteiger partial charge in [-0.3, -0.25) is 4.90 Å². The third-order valence-electron chi connectivity index (χ3n) is 5.41. The van der Waals surface area contributed by atoms with E-state index in [0.29, 0.717) is 5.25 Å². The van der Waals surface area contributed by atoms with Crippen LogP contribution >= 0.6 is 11.8 Å². The Bertz CT molecular complexity index is 767. The molecule has 0 amide bonds. The molecule has 28 heavy (non-hydrogen) atoms. The third-order valence-corrected chi connectivity index (χ3v) is 6.64. The number of benzene rings is 2. The molecule has 2 atom stereocenters. The molecule has 150 valence electrons. The largest absolute Gasteiger partial charge is 0.304 e. The van der Waals surface area contributed by atoms with Crippen molar-refractivity contribution in [2.24, 2.45) is 0 Å². The molecule has 0 aromatic heterocycles. The van der Waals surface area contributed by atoms with Crippen LogP contribution in [0.4, 0.5) is 4.39 Å². The second kappa shape index (κ2) is 10.2. The highest BCUT2D eigenvalue weighted by atomic mass is 32.2. The molecule has 0 aliphatic carbocycles. The Morgan fingerprint density at radius 1 is 1.11 bits per heavy atom. The van der Waals surface area contributed by atoms with E-state index >= 15 is 0 Å². The van der Waals surface area contributed by atoms with Gasteiger partial charge in [0.15, 0.2) is 0 Å². The Hall–Kier alpha value is -1.69. The fraction of sp³-hybridized carbons (Fsp3) is 0.435. The average molecular weight is 401 g/mol. The van der Waals surface area contributed by atoms with Crippen LogP contribution in [0.2, 0.25) is 0 Å². The molecule has 0 radical (unpaired) electrons. The number of fused-ring (bicyclic) bond motifs is 1. The van der Waals surface area contributed by atoms with E-state index < -0.39 is 0 Å². The minimum atomic E-state index is -0.175. The molecule has 2 heterocycles. The summed E-state index contributed by atoms with van der Waals surface area (Å²) in [4.78, 5) is 14.8. The van der Waals surface area contributed by atoms with Gasteiger partial charge in [0.1, 0.15) is 12.1 Å². The van der Waals surface area contributed by atoms with Crippen molar-refractivity contribution in [3.63, 3.8) is 0 Å². The first kappa shape index (κ1) is 21.0. The summed E-state index contributed by atoms with van der Waals surface area (Å²) in [6, 6.07) is 15.6. The fourth-order valence-corrected chi connectivity index (χ4v) is 5.21. The summed E-state index contributed by atoms with van der Waals surface area (Å²) < 4.78 is 13.0. The van der Waals surface area contributed by atoms with Crippen LogP contribution in [0.5, 0.6) is 0 Å². The Balaban J connectivity index is 0.000000192. The highest BCUT2D eigenvalue weighted by Crippen LogP contribution is 2.33. The number of halogens is 1. The van der Waals surface area contributed by atoms with E-state index in [4.69, 9.17) is 0 Å². The summed E-state index contributed by atoms with van der Waals surface area (Å²) in [6.07, 6.45) is 2.83. The second-order valence-electron chi connectivity index (χ2n) is 7.54. The van der Waals surface area contributed by atoms with Crippen molar-refractivity contribution in [3.8, 4) is 0 Å². The van der Waals surface area contributed by atoms with Crippen LogP contribution in [0.1, 0.15) is 29.2 Å². The number of nitrogens with zero attached hydrogens (tertiary/aromatic N) is 2. The van der Waals surface area contributed by atoms with Crippen LogP contribution in [0, 0.1) is 5.82 Å². The number of carbonyl (C=O) groups excluding carboxylic acids is 1. The number of hydrogen-bond acceptors (Lipinski definition) is 4. The third kappa shape index (κ3) is 5.43. The first-order valence-electron chi connectivity index (χ1n) is 9.85. The first-order valence-corrected chi connectivity index (χ1v) is 10.9. The predicted octanol–water partition coefficient (Wildman–Crippen LogP) is 4.03. The van der Waals surface area contributed by atoms with Crippen molar-refractivity contribution in [1.82, 2.24) is 9.80 Å². The molecular weight excluding hydrogens is 371 g/mol. The maximum Gasteiger partial charge on any atom is 0.123 e. The van der Waals surface area contributed by atoms with E-state index in [2.05, 4.69) is 48.2 Å². The van der Waals surface area contributed by atoms with Gasteiger partial charge in [0.25, 0.3) is 0 Å². The average Bonchev–Trinajstić information content (AvgIpc) is 2.70. The first-order chi connectivity index (χ1) is 13.6. The zero-order valence-corrected chi connectivity index (χ0v) is 17.5. The summed E-state index contributed by atoms with van der Waals surface area (Å²) >= 11 is 1.92. The summed E-state index contributed by atoms with van der Waals surface area (Å²) in [5, 5.41) is 0.552. The van der Waals surface area contributed by atoms with E-state index in [1.165, 1.54) is 23.4 Å². The van der Waals surface area contributed by atoms with Crippen LogP contribution < -0.4 is 0 Å². The standard InChI is InChI=1S/C16H16FN.C7H13NOS/c1-18-11-10-12-4-2-3-5-15(12)16(18)13-6-8-14(17)9-7-13;1-8-3-5-10-7(6-8)2-4-9/h2-9,16H,10-11H2,1H3;4,7H,2-3,5-6H2,1H3/t16-;7-/m01/s1. The molecule has 0 N–H and O–H groups in total. The smallest absolute Gasteiger partial charge is 0.123 e. The molecule has 0 saturated carbocycles. The molecule has 2 aliphatic rings. The summed E-state index contributed by atoms with van der Waals surface area (Å²) in [6.45, 7) is 3.28. The van der Waals surface area contributed by atoms with Crippen LogP contribution in [-0.2, 0) is 11.2 Å². The molecule has 0 spiro atoms. The lowest BCUT2D eigenvalue weighted by molar-refractivity contribution is -0.107. The Morgan fingerprint density at radius 2 is 1.86 bits per heavy atom. The van der Waals surface area contributed by atoms with Gasteiger partial charge in [0, 0.05) is 37.1 Å². The van der Waals surface area contributed by atoms with E-state index in [1.807, 2.05) is 23.9 Å². The minimum Gasteiger partial charge on any atom is -0.304 e. The van der Waals surface area contributed by atoms with Crippen molar-refractivity contribution >= 4 is 18.0 Å². The number of rotatable bonds is 3. The van der Waals surface area contributed by atoms with E-state index in [0.717, 1.165) is 37.8 Å². The lowest BCUT2D eigenvalue weighted by Gasteiger charge is -2.35. The van der Waals surface area contributed by atoms with Gasteiger partial charge < -0.3 is 9.69 Å². The number of hydrogen-bond donors (Lipinski definition) is 0. The molecule has 2 aromatic carbocycles. The molecule has 2 aromatic rings. The van der Waals surface area contributed by atoms with Gasteiger partial charge in [-0.1, -0.05) is 36.4 Å². The van der Waals surface area contributed by atoms with Crippen molar-refractivity contribution in [2.75, 3.05) is 39.5 Å². The highest BCUT2D eigenvalue weighted by Gasteiger charge is 2.25. The molecule has 2 aliphatic heterocycles. The van der Waals surface area contributed by atoms with Crippen molar-refractivity contribution in [1.29, 1.82) is 0 Å². The van der Waals surface area contributed by atoms with E-state index in [-0.39, 0.29) is 11.9 Å². The van der Waals surface area contributed by atoms with E-state index in [1.54, 1.807) is 12.1 Å². The fourth-order valence-electron chi connectivity index (χ4n) is 3.89. The van der Waals surface area contributed by atoms with E-state index in [9.17, 15) is 9.18 Å². The Morgan fingerprint density at radius 3 is 2.57 bits per heavy atom. The lowest BCUT2D eigenvalue weighted by atomic mass is 9.89. The minimum absolute atomic E-state index is 0.175. The van der Waals surface area contributed by atoms with Crippen LogP contribution in [0.25, 0.3) is 0 Å². The number of thioether (sulfide) groups is 1. The maximum absolute atomic E-state index is 13.0. The maximum atomic E-state index is 13.0. The van der Waals surface area contributed by atoms with Gasteiger partial charge in [-0.25, -0.2) is 4.39 Å². The highest BCUT2D eigenvalue weighted by molar-refractivity contribution is 8.00. The van der Waals surface area contributed by atoms with Crippen molar-refractivity contribution in [3.05, 3.63) is 71.0 Å². The van der Waals surface area contributed by atoms with Crippen LogP contribution in [0.3, 0.4) is 0 Å². The van der Waals surface area contributed by atoms with Gasteiger partial charge in [-0.2, -0.15) is 11.8 Å². The quantitative estimate of drug-likeness (QED) is 0.726. The number of aldehydes is 1. The molecule has 3 nitrogen and oxygen atoms in total. The monoisotopic (exact) mass is 400 g/mol. The molecule has 1 fully saturated rings. The summed E-state index contributed by atoms with van der Waals surface area (Å²) in [5.41, 5.74) is 3.91. The molecule has 4 rings (SSSR count). The van der Waals surface area contributed by atoms with Crippen molar-refractivity contribution < 1.29 is 9.18 Å². The zero-order valence-electron chi connectivity index (χ0n) is 16.7. The number of likely N-dealkylation sites (N-methyl/N-ethyl adjacent to an activating group) is 1. The molecule has 5 heteroatoms. The van der Waals surface area contributed by atoms with Gasteiger partial charge in [0.2, 0.25) is 0 Å². The van der Waals surface area contributed by atoms with Crippen LogP contribution in [-0.4, -0.2) is 60.8 Å². The van der Waals surface area contributed by atoms with Crippen molar-refractivity contribution in [2.45, 2.75) is 24.1 Å². The topological polar surface area (TPSA) is 23.6 Å². The SMILES string of the molecule is CN1CCS[C@H](CC=O)C1.CN1CCc2ccccc2[C@@H]1c1ccc(F)cc1. The van der Waals surface area contributed by atoms with Gasteiger partial charge in [-0.05, 0) is 49.3 Å². The molecular formula is C23H29FN2OS. The van der Waals surface area contributed by atoms with Gasteiger partial charge >= 0.3 is 0 Å². The van der Waals surface area contributed by atoms with Gasteiger partial charge in [-0.15, -0.1) is 0 Å². The molecule has 1 saturated heterocycles. The lowest BCUT2D eigenvalue weighted by Crippen LogP contribution is -2.34.